The third-order valence-corrected chi connectivity index (χ3v) is 4.25. The number of amides is 1. The van der Waals surface area contributed by atoms with Gasteiger partial charge in [0.25, 0.3) is 0 Å². The molecule has 1 saturated heterocycles. The molecule has 9 heteroatoms. The van der Waals surface area contributed by atoms with Crippen LogP contribution in [-0.4, -0.2) is 35.2 Å². The summed E-state index contributed by atoms with van der Waals surface area (Å²) < 4.78 is 37.9. The SMILES string of the molecule is CN1CC[C@H](C(=O)[C@H](C#N)c2ncc(C(F)(F)F)cc2Cl)CC1=O. The summed E-state index contributed by atoms with van der Waals surface area (Å²) in [7, 11) is 1.61. The molecule has 1 aliphatic rings. The highest BCUT2D eigenvalue weighted by molar-refractivity contribution is 6.31. The Balaban J connectivity index is 2.27. The summed E-state index contributed by atoms with van der Waals surface area (Å²) in [5, 5.41) is 8.87. The summed E-state index contributed by atoms with van der Waals surface area (Å²) in [6.45, 7) is 0.377. The van der Waals surface area contributed by atoms with Crippen LogP contribution in [0.5, 0.6) is 0 Å². The van der Waals surface area contributed by atoms with Gasteiger partial charge < -0.3 is 4.90 Å². The minimum atomic E-state index is -4.62. The number of Topliss-reactive ketones (excluding diaryl/α,β-unsaturated/α-hetero) is 1. The molecule has 0 aliphatic carbocycles. The second-order valence-corrected chi connectivity index (χ2v) is 5.97. The first kappa shape index (κ1) is 18.2. The Morgan fingerprint density at radius 1 is 1.54 bits per heavy atom. The van der Waals surface area contributed by atoms with Crippen LogP contribution in [0.1, 0.15) is 30.0 Å². The van der Waals surface area contributed by atoms with E-state index in [1.54, 1.807) is 13.1 Å². The van der Waals surface area contributed by atoms with Gasteiger partial charge in [-0.3, -0.25) is 14.6 Å². The molecule has 1 aliphatic heterocycles. The predicted molar refractivity (Wildman–Crippen MR) is 78.0 cm³/mol. The number of hydrogen-bond donors (Lipinski definition) is 0. The standard InChI is InChI=1S/C15H13ClF3N3O2/c1-22-3-2-8(4-12(22)23)14(24)10(6-20)13-11(16)5-9(7-21-13)15(17,18)19/h5,7-8,10H,2-4H2,1H3/t8-,10+/m0/s1. The fraction of sp³-hybridized carbons (Fsp3) is 0.467. The van der Waals surface area contributed by atoms with Gasteiger partial charge in [0.05, 0.1) is 22.3 Å². The molecule has 0 saturated carbocycles. The molecule has 1 aromatic heterocycles. The number of hydrogen-bond acceptors (Lipinski definition) is 4. The summed E-state index contributed by atoms with van der Waals surface area (Å²) in [5.74, 6) is -2.84. The van der Waals surface area contributed by atoms with Crippen LogP contribution in [0.15, 0.2) is 12.3 Å². The van der Waals surface area contributed by atoms with Crippen LogP contribution < -0.4 is 0 Å². The Labute approximate surface area is 141 Å². The maximum absolute atomic E-state index is 12.6. The number of carbonyl (C=O) groups is 2. The predicted octanol–water partition coefficient (Wildman–Crippen LogP) is 2.80. The van der Waals surface area contributed by atoms with Crippen LogP contribution in [0.3, 0.4) is 0 Å². The van der Waals surface area contributed by atoms with Crippen molar-refractivity contribution in [3.8, 4) is 6.07 Å². The molecule has 1 amide bonds. The van der Waals surface area contributed by atoms with E-state index in [4.69, 9.17) is 11.6 Å². The van der Waals surface area contributed by atoms with Gasteiger partial charge in [-0.25, -0.2) is 0 Å². The smallest absolute Gasteiger partial charge is 0.346 e. The number of pyridine rings is 1. The first-order chi connectivity index (χ1) is 11.1. The normalized spacial score (nSPS) is 19.8. The maximum atomic E-state index is 12.6. The molecule has 24 heavy (non-hydrogen) atoms. The molecule has 2 heterocycles. The maximum Gasteiger partial charge on any atom is 0.417 e. The van der Waals surface area contributed by atoms with Crippen molar-refractivity contribution in [2.24, 2.45) is 5.92 Å². The van der Waals surface area contributed by atoms with E-state index in [0.29, 0.717) is 25.2 Å². The minimum absolute atomic E-state index is 0.0359. The first-order valence-corrected chi connectivity index (χ1v) is 7.43. The lowest BCUT2D eigenvalue weighted by Crippen LogP contribution is -2.39. The van der Waals surface area contributed by atoms with Crippen molar-refractivity contribution in [2.45, 2.75) is 24.9 Å². The summed E-state index contributed by atoms with van der Waals surface area (Å²) in [6.07, 6.45) is -3.73. The molecule has 0 bridgehead atoms. The van der Waals surface area contributed by atoms with Gasteiger partial charge in [-0.2, -0.15) is 18.4 Å². The molecule has 5 nitrogen and oxygen atoms in total. The van der Waals surface area contributed by atoms with Crippen molar-refractivity contribution in [1.82, 2.24) is 9.88 Å². The zero-order chi connectivity index (χ0) is 18.1. The zero-order valence-electron chi connectivity index (χ0n) is 12.6. The monoisotopic (exact) mass is 359 g/mol. The molecule has 128 valence electrons. The lowest BCUT2D eigenvalue weighted by molar-refractivity contribution is -0.138. The van der Waals surface area contributed by atoms with Crippen LogP contribution >= 0.6 is 11.6 Å². The van der Waals surface area contributed by atoms with Gasteiger partial charge in [-0.05, 0) is 12.5 Å². The number of alkyl halides is 3. The van der Waals surface area contributed by atoms with Crippen molar-refractivity contribution in [1.29, 1.82) is 5.26 Å². The molecule has 0 aromatic carbocycles. The molecule has 2 atom stereocenters. The average molecular weight is 360 g/mol. The molecular formula is C15H13ClF3N3O2. The molecule has 0 unspecified atom stereocenters. The van der Waals surface area contributed by atoms with E-state index in [-0.39, 0.29) is 18.0 Å². The third-order valence-electron chi connectivity index (χ3n) is 3.95. The minimum Gasteiger partial charge on any atom is -0.346 e. The molecule has 1 aromatic rings. The number of piperidine rings is 1. The number of nitrogens with zero attached hydrogens (tertiary/aromatic N) is 3. The Bertz CT molecular complexity index is 715. The van der Waals surface area contributed by atoms with Gasteiger partial charge in [0, 0.05) is 32.1 Å². The number of aromatic nitrogens is 1. The van der Waals surface area contributed by atoms with Crippen molar-refractivity contribution in [2.75, 3.05) is 13.6 Å². The van der Waals surface area contributed by atoms with Crippen LogP contribution in [-0.2, 0) is 15.8 Å². The van der Waals surface area contributed by atoms with Crippen molar-refractivity contribution < 1.29 is 22.8 Å². The quantitative estimate of drug-likeness (QED) is 0.831. The first-order valence-electron chi connectivity index (χ1n) is 7.05. The molecule has 0 spiro atoms. The molecular weight excluding hydrogens is 347 g/mol. The number of ketones is 1. The fourth-order valence-corrected chi connectivity index (χ4v) is 2.77. The highest BCUT2D eigenvalue weighted by atomic mass is 35.5. The van der Waals surface area contributed by atoms with Gasteiger partial charge >= 0.3 is 6.18 Å². The largest absolute Gasteiger partial charge is 0.417 e. The van der Waals surface area contributed by atoms with Gasteiger partial charge in [0.1, 0.15) is 5.92 Å². The number of rotatable bonds is 3. The lowest BCUT2D eigenvalue weighted by Gasteiger charge is -2.28. The van der Waals surface area contributed by atoms with Gasteiger partial charge in [0.15, 0.2) is 5.78 Å². The highest BCUT2D eigenvalue weighted by Gasteiger charge is 2.37. The Morgan fingerprint density at radius 2 is 2.21 bits per heavy atom. The number of halogens is 4. The van der Waals surface area contributed by atoms with Gasteiger partial charge in [-0.15, -0.1) is 0 Å². The van der Waals surface area contributed by atoms with E-state index in [2.05, 4.69) is 4.98 Å². The summed E-state index contributed by atoms with van der Waals surface area (Å²) in [6, 6.07) is 2.38. The van der Waals surface area contributed by atoms with Crippen molar-refractivity contribution >= 4 is 23.3 Å². The number of likely N-dealkylation sites (tertiary alicyclic amines) is 1. The highest BCUT2D eigenvalue weighted by Crippen LogP contribution is 2.34. The average Bonchev–Trinajstić information content (AvgIpc) is 2.51. The van der Waals surface area contributed by atoms with E-state index in [9.17, 15) is 28.0 Å². The van der Waals surface area contributed by atoms with E-state index in [1.165, 1.54) is 4.90 Å². The van der Waals surface area contributed by atoms with Crippen LogP contribution in [0.2, 0.25) is 5.02 Å². The van der Waals surface area contributed by atoms with E-state index < -0.39 is 34.4 Å². The van der Waals surface area contributed by atoms with Crippen molar-refractivity contribution in [3.63, 3.8) is 0 Å². The van der Waals surface area contributed by atoms with Gasteiger partial charge in [-0.1, -0.05) is 11.6 Å². The second-order valence-electron chi connectivity index (χ2n) is 5.56. The van der Waals surface area contributed by atoms with E-state index in [0.717, 1.165) is 0 Å². The summed E-state index contributed by atoms with van der Waals surface area (Å²) >= 11 is 5.80. The van der Waals surface area contributed by atoms with Crippen LogP contribution in [0.4, 0.5) is 13.2 Å². The van der Waals surface area contributed by atoms with E-state index >= 15 is 0 Å². The van der Waals surface area contributed by atoms with Crippen molar-refractivity contribution in [3.05, 3.63) is 28.5 Å². The Kier molecular flexibility index (Phi) is 5.13. The second kappa shape index (κ2) is 6.77. The Morgan fingerprint density at radius 3 is 2.71 bits per heavy atom. The molecule has 1 fully saturated rings. The van der Waals surface area contributed by atoms with Crippen LogP contribution in [0.25, 0.3) is 0 Å². The number of nitriles is 1. The molecule has 0 N–H and O–H groups in total. The van der Waals surface area contributed by atoms with Gasteiger partial charge in [0.2, 0.25) is 5.91 Å². The summed E-state index contributed by atoms with van der Waals surface area (Å²) in [4.78, 5) is 29.3. The molecule has 2 rings (SSSR count). The topological polar surface area (TPSA) is 74.1 Å². The zero-order valence-corrected chi connectivity index (χ0v) is 13.4. The van der Waals surface area contributed by atoms with Crippen LogP contribution in [0, 0.1) is 17.2 Å². The third kappa shape index (κ3) is 3.67. The fourth-order valence-electron chi connectivity index (χ4n) is 2.50. The number of carbonyl (C=O) groups excluding carboxylic acids is 2. The van der Waals surface area contributed by atoms with E-state index in [1.807, 2.05) is 0 Å². The Hall–Kier alpha value is -2.14. The summed E-state index contributed by atoms with van der Waals surface area (Å²) in [5.41, 5.74) is -1.28. The molecule has 0 radical (unpaired) electrons. The lowest BCUT2D eigenvalue weighted by atomic mass is 9.84.